The van der Waals surface area contributed by atoms with Crippen LogP contribution in [0.25, 0.3) is 11.3 Å². The molecule has 0 atom stereocenters. The zero-order valence-corrected chi connectivity index (χ0v) is 10.9. The van der Waals surface area contributed by atoms with E-state index in [-0.39, 0.29) is 11.7 Å². The van der Waals surface area contributed by atoms with Crippen LogP contribution in [-0.4, -0.2) is 11.7 Å². The van der Waals surface area contributed by atoms with Crippen LogP contribution in [0.3, 0.4) is 0 Å². The molecule has 98 valence electrons. The van der Waals surface area contributed by atoms with Crippen LogP contribution in [0.4, 0.5) is 0 Å². The van der Waals surface area contributed by atoms with E-state index in [1.165, 1.54) is 13.8 Å². The summed E-state index contributed by atoms with van der Waals surface area (Å²) in [4.78, 5) is 22.2. The monoisotopic (exact) mass is 257 g/mol. The summed E-state index contributed by atoms with van der Waals surface area (Å²) in [5.41, 5.74) is 1.50. The van der Waals surface area contributed by atoms with E-state index in [2.05, 4.69) is 5.32 Å². The third kappa shape index (κ3) is 3.31. The van der Waals surface area contributed by atoms with Gasteiger partial charge < -0.3 is 9.73 Å². The summed E-state index contributed by atoms with van der Waals surface area (Å²) in [5, 5.41) is 2.67. The van der Waals surface area contributed by atoms with Crippen LogP contribution >= 0.6 is 0 Å². The molecule has 0 saturated heterocycles. The molecule has 0 aliphatic heterocycles. The van der Waals surface area contributed by atoms with Crippen molar-refractivity contribution in [3.8, 4) is 11.3 Å². The second-order valence-electron chi connectivity index (χ2n) is 4.31. The highest BCUT2D eigenvalue weighted by Gasteiger charge is 2.07. The minimum absolute atomic E-state index is 0.0203. The number of carbonyl (C=O) groups is 2. The van der Waals surface area contributed by atoms with Gasteiger partial charge in [-0.1, -0.05) is 18.2 Å². The number of benzene rings is 1. The van der Waals surface area contributed by atoms with Gasteiger partial charge in [-0.15, -0.1) is 0 Å². The second-order valence-corrected chi connectivity index (χ2v) is 4.31. The summed E-state index contributed by atoms with van der Waals surface area (Å²) in [6.07, 6.45) is 0. The maximum atomic E-state index is 11.3. The molecular formula is C15H15NO3. The van der Waals surface area contributed by atoms with E-state index in [1.54, 1.807) is 12.1 Å². The molecule has 4 nitrogen and oxygen atoms in total. The fourth-order valence-electron chi connectivity index (χ4n) is 1.73. The minimum Gasteiger partial charge on any atom is -0.459 e. The Kier molecular flexibility index (Phi) is 3.80. The molecule has 1 heterocycles. The van der Waals surface area contributed by atoms with Crippen molar-refractivity contribution in [3.05, 3.63) is 47.7 Å². The molecule has 0 unspecified atom stereocenters. The Morgan fingerprint density at radius 1 is 1.16 bits per heavy atom. The maximum Gasteiger partial charge on any atom is 0.217 e. The Balaban J connectivity index is 2.20. The van der Waals surface area contributed by atoms with Gasteiger partial charge in [0.2, 0.25) is 5.91 Å². The average molecular weight is 257 g/mol. The van der Waals surface area contributed by atoms with Crippen LogP contribution in [0.15, 0.2) is 40.8 Å². The smallest absolute Gasteiger partial charge is 0.217 e. The number of nitrogens with one attached hydrogen (secondary N) is 1. The van der Waals surface area contributed by atoms with Crippen molar-refractivity contribution in [3.63, 3.8) is 0 Å². The van der Waals surface area contributed by atoms with Crippen molar-refractivity contribution in [1.82, 2.24) is 5.32 Å². The van der Waals surface area contributed by atoms with E-state index in [4.69, 9.17) is 4.42 Å². The van der Waals surface area contributed by atoms with Crippen molar-refractivity contribution >= 4 is 11.7 Å². The lowest BCUT2D eigenvalue weighted by Crippen LogP contribution is -2.18. The van der Waals surface area contributed by atoms with Gasteiger partial charge in [0.15, 0.2) is 5.78 Å². The molecule has 19 heavy (non-hydrogen) atoms. The second kappa shape index (κ2) is 5.52. The van der Waals surface area contributed by atoms with Gasteiger partial charge in [-0.3, -0.25) is 9.59 Å². The molecular weight excluding hydrogens is 242 g/mol. The SMILES string of the molecule is CC(=O)NCc1ccc(-c2cccc(C(C)=O)c2)o1. The molecule has 0 bridgehead atoms. The predicted molar refractivity (Wildman–Crippen MR) is 71.7 cm³/mol. The largest absolute Gasteiger partial charge is 0.459 e. The molecule has 0 aliphatic carbocycles. The number of hydrogen-bond donors (Lipinski definition) is 1. The molecule has 0 spiro atoms. The third-order valence-corrected chi connectivity index (χ3v) is 2.73. The van der Waals surface area contributed by atoms with Gasteiger partial charge in [0.25, 0.3) is 0 Å². The number of furan rings is 1. The average Bonchev–Trinajstić information content (AvgIpc) is 2.85. The van der Waals surface area contributed by atoms with Crippen molar-refractivity contribution in [2.45, 2.75) is 20.4 Å². The highest BCUT2D eigenvalue weighted by atomic mass is 16.3. The summed E-state index contributed by atoms with van der Waals surface area (Å²) < 4.78 is 5.63. The molecule has 1 aromatic carbocycles. The topological polar surface area (TPSA) is 59.3 Å². The number of carbonyl (C=O) groups excluding carboxylic acids is 2. The highest BCUT2D eigenvalue weighted by molar-refractivity contribution is 5.95. The zero-order chi connectivity index (χ0) is 13.8. The van der Waals surface area contributed by atoms with Gasteiger partial charge in [-0.25, -0.2) is 0 Å². The van der Waals surface area contributed by atoms with Crippen LogP contribution in [0.5, 0.6) is 0 Å². The first-order valence-corrected chi connectivity index (χ1v) is 6.01. The fourth-order valence-corrected chi connectivity index (χ4v) is 1.73. The Labute approximate surface area is 111 Å². The molecule has 2 rings (SSSR count). The fraction of sp³-hybridized carbons (Fsp3) is 0.200. The van der Waals surface area contributed by atoms with Gasteiger partial charge >= 0.3 is 0 Å². The van der Waals surface area contributed by atoms with E-state index >= 15 is 0 Å². The van der Waals surface area contributed by atoms with Gasteiger partial charge in [-0.05, 0) is 25.1 Å². The summed E-state index contributed by atoms with van der Waals surface area (Å²) in [6.45, 7) is 3.35. The molecule has 0 aliphatic rings. The summed E-state index contributed by atoms with van der Waals surface area (Å²) in [5.74, 6) is 1.28. The zero-order valence-electron chi connectivity index (χ0n) is 10.9. The molecule has 0 fully saturated rings. The van der Waals surface area contributed by atoms with Crippen LogP contribution in [0, 0.1) is 0 Å². The lowest BCUT2D eigenvalue weighted by Gasteiger charge is -2.01. The quantitative estimate of drug-likeness (QED) is 0.857. The Morgan fingerprint density at radius 2 is 1.95 bits per heavy atom. The molecule has 1 aromatic heterocycles. The van der Waals surface area contributed by atoms with E-state index in [1.807, 2.05) is 24.3 Å². The van der Waals surface area contributed by atoms with E-state index in [9.17, 15) is 9.59 Å². The number of amides is 1. The van der Waals surface area contributed by atoms with Crippen molar-refractivity contribution in [2.24, 2.45) is 0 Å². The van der Waals surface area contributed by atoms with Gasteiger partial charge in [0.05, 0.1) is 6.54 Å². The number of hydrogen-bond acceptors (Lipinski definition) is 3. The van der Waals surface area contributed by atoms with Crippen LogP contribution in [0.1, 0.15) is 30.0 Å². The minimum atomic E-state index is -0.100. The van der Waals surface area contributed by atoms with E-state index in [0.717, 1.165) is 5.56 Å². The molecule has 0 radical (unpaired) electrons. The van der Waals surface area contributed by atoms with Crippen molar-refractivity contribution in [1.29, 1.82) is 0 Å². The number of rotatable bonds is 4. The normalized spacial score (nSPS) is 10.2. The Bertz CT molecular complexity index is 613. The maximum absolute atomic E-state index is 11.3. The number of Topliss-reactive ketones (excluding diaryl/α,β-unsaturated/α-hetero) is 1. The van der Waals surface area contributed by atoms with Crippen LogP contribution in [0.2, 0.25) is 0 Å². The standard InChI is InChI=1S/C15H15NO3/c1-10(17)12-4-3-5-13(8-12)15-7-6-14(19-15)9-16-11(2)18/h3-8H,9H2,1-2H3,(H,16,18). The molecule has 1 amide bonds. The first kappa shape index (κ1) is 13.1. The van der Waals surface area contributed by atoms with E-state index < -0.39 is 0 Å². The predicted octanol–water partition coefficient (Wildman–Crippen LogP) is 2.79. The lowest BCUT2D eigenvalue weighted by atomic mass is 10.1. The first-order chi connectivity index (χ1) is 9.06. The molecule has 0 saturated carbocycles. The summed E-state index contributed by atoms with van der Waals surface area (Å²) in [7, 11) is 0. The van der Waals surface area contributed by atoms with Crippen LogP contribution in [-0.2, 0) is 11.3 Å². The highest BCUT2D eigenvalue weighted by Crippen LogP contribution is 2.23. The van der Waals surface area contributed by atoms with Gasteiger partial charge in [0, 0.05) is 18.1 Å². The van der Waals surface area contributed by atoms with Crippen LogP contribution < -0.4 is 5.32 Å². The third-order valence-electron chi connectivity index (χ3n) is 2.73. The summed E-state index contributed by atoms with van der Waals surface area (Å²) >= 11 is 0. The lowest BCUT2D eigenvalue weighted by molar-refractivity contribution is -0.119. The molecule has 1 N–H and O–H groups in total. The number of ketones is 1. The summed E-state index contributed by atoms with van der Waals surface area (Å²) in [6, 6.07) is 10.9. The van der Waals surface area contributed by atoms with Gasteiger partial charge in [-0.2, -0.15) is 0 Å². The Hall–Kier alpha value is -2.36. The van der Waals surface area contributed by atoms with Crippen molar-refractivity contribution < 1.29 is 14.0 Å². The van der Waals surface area contributed by atoms with Gasteiger partial charge in [0.1, 0.15) is 11.5 Å². The first-order valence-electron chi connectivity index (χ1n) is 6.01. The molecule has 4 heteroatoms. The van der Waals surface area contributed by atoms with E-state index in [0.29, 0.717) is 23.6 Å². The Morgan fingerprint density at radius 3 is 2.63 bits per heavy atom. The molecule has 2 aromatic rings. The van der Waals surface area contributed by atoms with Crippen molar-refractivity contribution in [2.75, 3.05) is 0 Å².